The normalized spacial score (nSPS) is 14.6. The van der Waals surface area contributed by atoms with Crippen LogP contribution in [0.15, 0.2) is 54.6 Å². The molecule has 2 heterocycles. The van der Waals surface area contributed by atoms with Crippen molar-refractivity contribution in [3.63, 3.8) is 0 Å². The highest BCUT2D eigenvalue weighted by Gasteiger charge is 2.31. The Labute approximate surface area is 196 Å². The molecule has 0 spiro atoms. The highest BCUT2D eigenvalue weighted by molar-refractivity contribution is 5.63. The summed E-state index contributed by atoms with van der Waals surface area (Å²) in [6, 6.07) is 15.0. The lowest BCUT2D eigenvalue weighted by Gasteiger charge is -2.26. The van der Waals surface area contributed by atoms with E-state index in [1.165, 1.54) is 37.5 Å². The van der Waals surface area contributed by atoms with Gasteiger partial charge in [0.15, 0.2) is 5.82 Å². The molecule has 0 radical (unpaired) electrons. The average molecular weight is 473 g/mol. The lowest BCUT2D eigenvalue weighted by molar-refractivity contribution is -0.274. The molecule has 9 heteroatoms. The molecule has 34 heavy (non-hydrogen) atoms. The number of nitrogens with one attached hydrogen (secondary N) is 1. The van der Waals surface area contributed by atoms with Gasteiger partial charge in [0.2, 0.25) is 0 Å². The average Bonchev–Trinajstić information content (AvgIpc) is 2.80. The van der Waals surface area contributed by atoms with Crippen molar-refractivity contribution in [2.75, 3.05) is 31.6 Å². The number of hydrogen-bond donors (Lipinski definition) is 1. The first-order valence-corrected chi connectivity index (χ1v) is 11.3. The van der Waals surface area contributed by atoms with Crippen LogP contribution in [0, 0.1) is 6.92 Å². The molecule has 0 atom stereocenters. The van der Waals surface area contributed by atoms with Crippen molar-refractivity contribution in [3.05, 3.63) is 60.3 Å². The van der Waals surface area contributed by atoms with E-state index in [9.17, 15) is 13.2 Å². The highest BCUT2D eigenvalue weighted by Crippen LogP contribution is 2.28. The van der Waals surface area contributed by atoms with Crippen LogP contribution in [0.3, 0.4) is 0 Å². The number of hydrogen-bond acceptors (Lipinski definition) is 6. The van der Waals surface area contributed by atoms with E-state index in [0.717, 1.165) is 31.1 Å². The SMILES string of the molecule is Cc1cc(Nc2ccc(OCCN3CCCCC3)cc2)nc(-c2cccc(OC(F)(F)F)c2)n1. The first kappa shape index (κ1) is 23.8. The molecule has 0 saturated carbocycles. The molecule has 4 rings (SSSR count). The van der Waals surface area contributed by atoms with E-state index >= 15 is 0 Å². The third kappa shape index (κ3) is 7.08. The number of alkyl halides is 3. The van der Waals surface area contributed by atoms with E-state index in [1.807, 2.05) is 24.3 Å². The fraction of sp³-hybridized carbons (Fsp3) is 0.360. The van der Waals surface area contributed by atoms with Crippen LogP contribution in [0.4, 0.5) is 24.7 Å². The Morgan fingerprint density at radius 1 is 0.941 bits per heavy atom. The minimum absolute atomic E-state index is 0.299. The van der Waals surface area contributed by atoms with Gasteiger partial charge in [-0.15, -0.1) is 13.2 Å². The van der Waals surface area contributed by atoms with Gasteiger partial charge in [0.05, 0.1) is 0 Å². The maximum absolute atomic E-state index is 12.6. The van der Waals surface area contributed by atoms with Crippen molar-refractivity contribution in [1.29, 1.82) is 0 Å². The number of piperidine rings is 1. The van der Waals surface area contributed by atoms with Crippen LogP contribution >= 0.6 is 0 Å². The van der Waals surface area contributed by atoms with Crippen LogP contribution in [0.25, 0.3) is 11.4 Å². The van der Waals surface area contributed by atoms with E-state index in [4.69, 9.17) is 4.74 Å². The summed E-state index contributed by atoms with van der Waals surface area (Å²) in [4.78, 5) is 11.3. The lowest BCUT2D eigenvalue weighted by atomic mass is 10.1. The number of anilines is 2. The minimum atomic E-state index is -4.76. The second kappa shape index (κ2) is 10.7. The van der Waals surface area contributed by atoms with Crippen LogP contribution in [0.1, 0.15) is 25.0 Å². The summed E-state index contributed by atoms with van der Waals surface area (Å²) >= 11 is 0. The van der Waals surface area contributed by atoms with E-state index in [0.29, 0.717) is 29.5 Å². The Balaban J connectivity index is 1.39. The highest BCUT2D eigenvalue weighted by atomic mass is 19.4. The van der Waals surface area contributed by atoms with Crippen molar-refractivity contribution in [2.45, 2.75) is 32.5 Å². The topological polar surface area (TPSA) is 59.5 Å². The number of benzene rings is 2. The first-order valence-electron chi connectivity index (χ1n) is 11.3. The zero-order valence-corrected chi connectivity index (χ0v) is 18.9. The van der Waals surface area contributed by atoms with Crippen molar-refractivity contribution in [3.8, 4) is 22.9 Å². The Hall–Kier alpha value is -3.33. The molecule has 0 amide bonds. The minimum Gasteiger partial charge on any atom is -0.492 e. The Morgan fingerprint density at radius 2 is 1.71 bits per heavy atom. The summed E-state index contributed by atoms with van der Waals surface area (Å²) < 4.78 is 47.5. The number of ether oxygens (including phenoxy) is 2. The molecule has 1 aromatic heterocycles. The van der Waals surface area contributed by atoms with Crippen LogP contribution in [0.2, 0.25) is 0 Å². The van der Waals surface area contributed by atoms with Gasteiger partial charge in [0.25, 0.3) is 0 Å². The van der Waals surface area contributed by atoms with E-state index < -0.39 is 6.36 Å². The second-order valence-corrected chi connectivity index (χ2v) is 8.19. The smallest absolute Gasteiger partial charge is 0.492 e. The van der Waals surface area contributed by atoms with Gasteiger partial charge in [-0.3, -0.25) is 4.90 Å². The third-order valence-corrected chi connectivity index (χ3v) is 5.43. The van der Waals surface area contributed by atoms with Gasteiger partial charge in [0.1, 0.15) is 23.9 Å². The molecular weight excluding hydrogens is 445 g/mol. The maximum Gasteiger partial charge on any atom is 0.573 e. The van der Waals surface area contributed by atoms with Gasteiger partial charge in [-0.25, -0.2) is 9.97 Å². The van der Waals surface area contributed by atoms with Gasteiger partial charge in [-0.05, 0) is 69.3 Å². The molecule has 1 N–H and O–H groups in total. The summed E-state index contributed by atoms with van der Waals surface area (Å²) in [5, 5.41) is 3.22. The lowest BCUT2D eigenvalue weighted by Crippen LogP contribution is -2.33. The van der Waals surface area contributed by atoms with Crippen LogP contribution in [0.5, 0.6) is 11.5 Å². The molecule has 0 bridgehead atoms. The molecule has 2 aromatic carbocycles. The molecule has 0 aliphatic carbocycles. The zero-order valence-electron chi connectivity index (χ0n) is 18.9. The molecule has 6 nitrogen and oxygen atoms in total. The quantitative estimate of drug-likeness (QED) is 0.437. The van der Waals surface area contributed by atoms with E-state index in [1.54, 1.807) is 19.1 Å². The van der Waals surface area contributed by atoms with Gasteiger partial charge >= 0.3 is 6.36 Å². The Morgan fingerprint density at radius 3 is 2.44 bits per heavy atom. The van der Waals surface area contributed by atoms with Crippen molar-refractivity contribution in [2.24, 2.45) is 0 Å². The molecule has 1 saturated heterocycles. The van der Waals surface area contributed by atoms with Gasteiger partial charge in [0, 0.05) is 29.6 Å². The number of halogens is 3. The molecular formula is C25H27F3N4O2. The molecule has 180 valence electrons. The van der Waals surface area contributed by atoms with Crippen LogP contribution < -0.4 is 14.8 Å². The summed E-state index contributed by atoms with van der Waals surface area (Å²) in [6.45, 7) is 5.67. The first-order chi connectivity index (χ1) is 16.3. The number of likely N-dealkylation sites (tertiary alicyclic amines) is 1. The number of aromatic nitrogens is 2. The molecule has 1 aliphatic rings. The molecule has 1 fully saturated rings. The standard InChI is InChI=1S/C25H27F3N4O2/c1-18-16-23(31-24(29-18)19-6-5-7-22(17-19)34-25(26,27)28)30-20-8-10-21(11-9-20)33-15-14-32-12-3-2-4-13-32/h5-11,16-17H,2-4,12-15H2,1H3,(H,29,30,31). The number of nitrogens with zero attached hydrogens (tertiary/aromatic N) is 3. The molecule has 0 unspecified atom stereocenters. The summed E-state index contributed by atoms with van der Waals surface area (Å²) in [6.07, 6.45) is -0.922. The zero-order chi connectivity index (χ0) is 24.0. The molecule has 3 aromatic rings. The van der Waals surface area contributed by atoms with Crippen molar-refractivity contribution < 1.29 is 22.6 Å². The Kier molecular flexibility index (Phi) is 7.52. The summed E-state index contributed by atoms with van der Waals surface area (Å²) in [5.74, 6) is 1.31. The molecule has 1 aliphatic heterocycles. The second-order valence-electron chi connectivity index (χ2n) is 8.19. The summed E-state index contributed by atoms with van der Waals surface area (Å²) in [7, 11) is 0. The predicted molar refractivity (Wildman–Crippen MR) is 124 cm³/mol. The van der Waals surface area contributed by atoms with Gasteiger partial charge in [-0.2, -0.15) is 0 Å². The fourth-order valence-corrected chi connectivity index (χ4v) is 3.85. The van der Waals surface area contributed by atoms with Crippen molar-refractivity contribution >= 4 is 11.5 Å². The van der Waals surface area contributed by atoms with Crippen LogP contribution in [-0.4, -0.2) is 47.5 Å². The van der Waals surface area contributed by atoms with Crippen molar-refractivity contribution in [1.82, 2.24) is 14.9 Å². The van der Waals surface area contributed by atoms with E-state index in [-0.39, 0.29) is 5.75 Å². The van der Waals surface area contributed by atoms with Crippen LogP contribution in [-0.2, 0) is 0 Å². The van der Waals surface area contributed by atoms with Gasteiger partial charge in [-0.1, -0.05) is 18.6 Å². The number of aryl methyl sites for hydroxylation is 1. The maximum atomic E-state index is 12.6. The summed E-state index contributed by atoms with van der Waals surface area (Å²) in [5.41, 5.74) is 1.90. The largest absolute Gasteiger partial charge is 0.573 e. The fourth-order valence-electron chi connectivity index (χ4n) is 3.85. The number of rotatable bonds is 8. The monoisotopic (exact) mass is 472 g/mol. The van der Waals surface area contributed by atoms with E-state index in [2.05, 4.69) is 24.9 Å². The predicted octanol–water partition coefficient (Wildman–Crippen LogP) is 5.96. The third-order valence-electron chi connectivity index (χ3n) is 5.43. The van der Waals surface area contributed by atoms with Gasteiger partial charge < -0.3 is 14.8 Å². The Bertz CT molecular complexity index is 1080.